The molecule has 84 valence electrons. The summed E-state index contributed by atoms with van der Waals surface area (Å²) in [6, 6.07) is 5.99. The number of pyridine rings is 1. The fourth-order valence-corrected chi connectivity index (χ4v) is 1.62. The van der Waals surface area contributed by atoms with E-state index in [1.54, 1.807) is 6.26 Å². The van der Waals surface area contributed by atoms with E-state index < -0.39 is 0 Å². The molecule has 2 aromatic heterocycles. The van der Waals surface area contributed by atoms with Crippen molar-refractivity contribution in [2.75, 3.05) is 0 Å². The zero-order valence-corrected chi connectivity index (χ0v) is 9.60. The summed E-state index contributed by atoms with van der Waals surface area (Å²) in [6.07, 6.45) is 4.32. The van der Waals surface area contributed by atoms with Gasteiger partial charge in [-0.3, -0.25) is 4.98 Å². The molecule has 2 rings (SSSR count). The Morgan fingerprint density at radius 1 is 1.38 bits per heavy atom. The highest BCUT2D eigenvalue weighted by Crippen LogP contribution is 2.17. The summed E-state index contributed by atoms with van der Waals surface area (Å²) in [7, 11) is 0. The second-order valence-corrected chi connectivity index (χ2v) is 4.13. The Morgan fingerprint density at radius 2 is 2.19 bits per heavy atom. The number of hydrogen-bond acceptors (Lipinski definition) is 3. The Balaban J connectivity index is 2.07. The van der Waals surface area contributed by atoms with Gasteiger partial charge in [0.1, 0.15) is 5.76 Å². The Bertz CT molecular complexity index is 459. The maximum absolute atomic E-state index is 6.08. The lowest BCUT2D eigenvalue weighted by Gasteiger charge is -2.08. The second kappa shape index (κ2) is 4.49. The molecule has 0 aromatic carbocycles. The lowest BCUT2D eigenvalue weighted by Crippen LogP contribution is -2.13. The van der Waals surface area contributed by atoms with Crippen molar-refractivity contribution in [3.05, 3.63) is 53.2 Å². The van der Waals surface area contributed by atoms with Crippen LogP contribution in [0.5, 0.6) is 0 Å². The first-order valence-electron chi connectivity index (χ1n) is 5.37. The summed E-state index contributed by atoms with van der Waals surface area (Å²) in [4.78, 5) is 4.34. The molecule has 0 aliphatic heterocycles. The van der Waals surface area contributed by atoms with Gasteiger partial charge in [0.2, 0.25) is 0 Å². The number of nitrogens with two attached hydrogens (primary N) is 1. The third-order valence-electron chi connectivity index (χ3n) is 2.58. The molecule has 3 nitrogen and oxygen atoms in total. The van der Waals surface area contributed by atoms with Crippen molar-refractivity contribution in [2.24, 2.45) is 5.73 Å². The maximum atomic E-state index is 6.08. The van der Waals surface area contributed by atoms with Crippen molar-refractivity contribution >= 4 is 0 Å². The van der Waals surface area contributed by atoms with Crippen molar-refractivity contribution in [2.45, 2.75) is 26.3 Å². The van der Waals surface area contributed by atoms with Crippen LogP contribution in [0, 0.1) is 13.8 Å². The number of furan rings is 1. The highest BCUT2D eigenvalue weighted by atomic mass is 16.3. The normalized spacial score (nSPS) is 12.7. The zero-order valence-electron chi connectivity index (χ0n) is 9.60. The average Bonchev–Trinajstić information content (AvgIpc) is 2.68. The third kappa shape index (κ3) is 2.49. The number of rotatable bonds is 3. The van der Waals surface area contributed by atoms with Gasteiger partial charge < -0.3 is 10.2 Å². The standard InChI is InChI=1S/C13H16N2O/c1-9-3-4-12(15-7-9)6-13(14)11-5-10(2)16-8-11/h3-5,7-8,13H,6,14H2,1-2H3. The maximum Gasteiger partial charge on any atom is 0.101 e. The van der Waals surface area contributed by atoms with Gasteiger partial charge in [0.25, 0.3) is 0 Å². The van der Waals surface area contributed by atoms with Gasteiger partial charge in [-0.05, 0) is 31.5 Å². The first-order chi connectivity index (χ1) is 7.65. The molecule has 0 saturated carbocycles. The van der Waals surface area contributed by atoms with E-state index in [-0.39, 0.29) is 6.04 Å². The molecule has 0 fully saturated rings. The Hall–Kier alpha value is -1.61. The highest BCUT2D eigenvalue weighted by Gasteiger charge is 2.10. The highest BCUT2D eigenvalue weighted by molar-refractivity contribution is 5.19. The first kappa shape index (κ1) is 10.9. The van der Waals surface area contributed by atoms with E-state index >= 15 is 0 Å². The fraction of sp³-hybridized carbons (Fsp3) is 0.308. The van der Waals surface area contributed by atoms with Gasteiger partial charge in [-0.25, -0.2) is 0 Å². The zero-order chi connectivity index (χ0) is 11.5. The Kier molecular flexibility index (Phi) is 3.06. The molecule has 0 radical (unpaired) electrons. The van der Waals surface area contributed by atoms with Gasteiger partial charge in [-0.2, -0.15) is 0 Å². The lowest BCUT2D eigenvalue weighted by molar-refractivity contribution is 0.528. The van der Waals surface area contributed by atoms with E-state index in [0.29, 0.717) is 0 Å². The van der Waals surface area contributed by atoms with E-state index in [9.17, 15) is 0 Å². The Morgan fingerprint density at radius 3 is 2.75 bits per heavy atom. The topological polar surface area (TPSA) is 52.0 Å². The molecular weight excluding hydrogens is 200 g/mol. The largest absolute Gasteiger partial charge is 0.469 e. The molecule has 2 heterocycles. The van der Waals surface area contributed by atoms with Gasteiger partial charge in [0, 0.05) is 29.9 Å². The number of aromatic nitrogens is 1. The molecule has 1 atom stereocenters. The van der Waals surface area contributed by atoms with Crippen LogP contribution in [0.25, 0.3) is 0 Å². The van der Waals surface area contributed by atoms with E-state index in [4.69, 9.17) is 10.2 Å². The summed E-state index contributed by atoms with van der Waals surface area (Å²) >= 11 is 0. The van der Waals surface area contributed by atoms with Crippen LogP contribution in [0.15, 0.2) is 35.1 Å². The summed E-state index contributed by atoms with van der Waals surface area (Å²) in [5.74, 6) is 0.891. The van der Waals surface area contributed by atoms with Crippen LogP contribution in [0.1, 0.15) is 28.6 Å². The van der Waals surface area contributed by atoms with Crippen LogP contribution >= 0.6 is 0 Å². The van der Waals surface area contributed by atoms with Crippen molar-refractivity contribution in [1.29, 1.82) is 0 Å². The van der Waals surface area contributed by atoms with Crippen molar-refractivity contribution in [3.63, 3.8) is 0 Å². The molecule has 3 heteroatoms. The molecule has 1 unspecified atom stereocenters. The van der Waals surface area contributed by atoms with Gasteiger partial charge >= 0.3 is 0 Å². The minimum atomic E-state index is -0.0485. The van der Waals surface area contributed by atoms with Gasteiger partial charge in [0.15, 0.2) is 0 Å². The van der Waals surface area contributed by atoms with Crippen LogP contribution in [0.3, 0.4) is 0 Å². The monoisotopic (exact) mass is 216 g/mol. The quantitative estimate of drug-likeness (QED) is 0.857. The van der Waals surface area contributed by atoms with E-state index in [2.05, 4.69) is 11.1 Å². The van der Waals surface area contributed by atoms with Crippen molar-refractivity contribution in [1.82, 2.24) is 4.98 Å². The Labute approximate surface area is 95.3 Å². The molecule has 0 bridgehead atoms. The molecule has 2 aromatic rings. The summed E-state index contributed by atoms with van der Waals surface area (Å²) in [5, 5.41) is 0. The number of nitrogens with zero attached hydrogens (tertiary/aromatic N) is 1. The smallest absolute Gasteiger partial charge is 0.101 e. The average molecular weight is 216 g/mol. The van der Waals surface area contributed by atoms with E-state index in [0.717, 1.165) is 29.0 Å². The van der Waals surface area contributed by atoms with E-state index in [1.807, 2.05) is 32.2 Å². The third-order valence-corrected chi connectivity index (χ3v) is 2.58. The first-order valence-corrected chi connectivity index (χ1v) is 5.37. The predicted octanol–water partition coefficient (Wildman–Crippen LogP) is 2.53. The SMILES string of the molecule is Cc1ccc(CC(N)c2coc(C)c2)nc1. The van der Waals surface area contributed by atoms with Crippen LogP contribution < -0.4 is 5.73 Å². The second-order valence-electron chi connectivity index (χ2n) is 4.13. The summed E-state index contributed by atoms with van der Waals surface area (Å²) in [6.45, 7) is 3.94. The molecule has 0 aliphatic rings. The molecular formula is C13H16N2O. The molecule has 16 heavy (non-hydrogen) atoms. The lowest BCUT2D eigenvalue weighted by atomic mass is 10.1. The molecule has 0 saturated heterocycles. The van der Waals surface area contributed by atoms with Crippen LogP contribution in [-0.4, -0.2) is 4.98 Å². The van der Waals surface area contributed by atoms with Crippen LogP contribution in [0.4, 0.5) is 0 Å². The van der Waals surface area contributed by atoms with Crippen molar-refractivity contribution < 1.29 is 4.42 Å². The molecule has 2 N–H and O–H groups in total. The van der Waals surface area contributed by atoms with Gasteiger partial charge in [-0.15, -0.1) is 0 Å². The fourth-order valence-electron chi connectivity index (χ4n) is 1.62. The summed E-state index contributed by atoms with van der Waals surface area (Å²) in [5.41, 5.74) is 9.28. The van der Waals surface area contributed by atoms with Crippen LogP contribution in [0.2, 0.25) is 0 Å². The molecule has 0 aliphatic carbocycles. The van der Waals surface area contributed by atoms with Crippen molar-refractivity contribution in [3.8, 4) is 0 Å². The van der Waals surface area contributed by atoms with Gasteiger partial charge in [0.05, 0.1) is 6.26 Å². The molecule has 0 amide bonds. The predicted molar refractivity (Wildman–Crippen MR) is 63.1 cm³/mol. The van der Waals surface area contributed by atoms with Gasteiger partial charge in [-0.1, -0.05) is 6.07 Å². The van der Waals surface area contributed by atoms with Crippen LogP contribution in [-0.2, 0) is 6.42 Å². The number of aryl methyl sites for hydroxylation is 2. The minimum Gasteiger partial charge on any atom is -0.469 e. The summed E-state index contributed by atoms with van der Waals surface area (Å²) < 4.78 is 5.24. The van der Waals surface area contributed by atoms with E-state index in [1.165, 1.54) is 0 Å². The molecule has 0 spiro atoms. The number of hydrogen-bond donors (Lipinski definition) is 1. The minimum absolute atomic E-state index is 0.0485.